The number of halogens is 2. The molecule has 0 spiro atoms. The van der Waals surface area contributed by atoms with Gasteiger partial charge in [-0.25, -0.2) is 4.98 Å². The van der Waals surface area contributed by atoms with Crippen LogP contribution in [0.3, 0.4) is 0 Å². The molecule has 2 rings (SSSR count). The van der Waals surface area contributed by atoms with Gasteiger partial charge in [0.2, 0.25) is 0 Å². The summed E-state index contributed by atoms with van der Waals surface area (Å²) in [4.78, 5) is 16.4. The van der Waals surface area contributed by atoms with Gasteiger partial charge in [0.05, 0.1) is 11.6 Å². The number of benzene rings is 1. The lowest BCUT2D eigenvalue weighted by Gasteiger charge is -2.18. The smallest absolute Gasteiger partial charge is 0.189 e. The molecule has 1 aromatic heterocycles. The predicted molar refractivity (Wildman–Crippen MR) is 104 cm³/mol. The molecule has 0 saturated carbocycles. The Morgan fingerprint density at radius 1 is 1.35 bits per heavy atom. The molecular weight excluding hydrogens is 440 g/mol. The predicted octanol–water partition coefficient (Wildman–Crippen LogP) is 5.99. The second kappa shape index (κ2) is 9.64. The van der Waals surface area contributed by atoms with Crippen molar-refractivity contribution in [2.24, 2.45) is 0 Å². The van der Waals surface area contributed by atoms with E-state index in [-0.39, 0.29) is 10.4 Å². The van der Waals surface area contributed by atoms with Gasteiger partial charge < -0.3 is 4.57 Å². The van der Waals surface area contributed by atoms with Crippen molar-refractivity contribution in [3.8, 4) is 0 Å². The normalized spacial score (nSPS) is 12.3. The number of imidazole rings is 1. The minimum absolute atomic E-state index is 0.0702. The number of rotatable bonds is 8. The summed E-state index contributed by atoms with van der Waals surface area (Å²) in [5, 5.41) is 0.333. The molecule has 0 aliphatic heterocycles. The standard InChI is InChI=1S/C17H20Br2N2OS/c1-2-3-4-5-17(22)23-16(11-21-9-8-20-12-21)14-7-6-13(18)10-15(14)19/h6-10,12,16H,2-5,11H2,1H3. The first-order valence-electron chi connectivity index (χ1n) is 7.70. The fourth-order valence-corrected chi connectivity index (χ4v) is 4.92. The summed E-state index contributed by atoms with van der Waals surface area (Å²) in [6, 6.07) is 6.11. The summed E-state index contributed by atoms with van der Waals surface area (Å²) in [5.74, 6) is 0. The highest BCUT2D eigenvalue weighted by molar-refractivity contribution is 9.11. The minimum Gasteiger partial charge on any atom is -0.336 e. The highest BCUT2D eigenvalue weighted by Crippen LogP contribution is 2.37. The van der Waals surface area contributed by atoms with Gasteiger partial charge in [-0.3, -0.25) is 4.79 Å². The first-order chi connectivity index (χ1) is 11.1. The number of carbonyl (C=O) groups excluding carboxylic acids is 1. The Kier molecular flexibility index (Phi) is 7.86. The Labute approximate surface area is 158 Å². The molecule has 3 nitrogen and oxygen atoms in total. The van der Waals surface area contributed by atoms with Gasteiger partial charge >= 0.3 is 0 Å². The number of hydrogen-bond donors (Lipinski definition) is 0. The van der Waals surface area contributed by atoms with Crippen molar-refractivity contribution in [2.75, 3.05) is 0 Å². The second-order valence-electron chi connectivity index (χ2n) is 5.36. The minimum atomic E-state index is 0.0702. The molecule has 1 atom stereocenters. The molecule has 124 valence electrons. The second-order valence-corrected chi connectivity index (χ2v) is 8.39. The summed E-state index contributed by atoms with van der Waals surface area (Å²) in [6.45, 7) is 2.88. The van der Waals surface area contributed by atoms with Crippen molar-refractivity contribution in [3.05, 3.63) is 51.4 Å². The van der Waals surface area contributed by atoms with E-state index in [1.807, 2.05) is 22.9 Å². The molecule has 0 radical (unpaired) electrons. The van der Waals surface area contributed by atoms with E-state index in [1.54, 1.807) is 12.5 Å². The van der Waals surface area contributed by atoms with Gasteiger partial charge in [-0.1, -0.05) is 69.5 Å². The monoisotopic (exact) mass is 458 g/mol. The van der Waals surface area contributed by atoms with Crippen LogP contribution in [-0.2, 0) is 11.3 Å². The molecule has 23 heavy (non-hydrogen) atoms. The van der Waals surface area contributed by atoms with E-state index in [1.165, 1.54) is 11.8 Å². The molecule has 1 unspecified atom stereocenters. The van der Waals surface area contributed by atoms with Crippen molar-refractivity contribution in [3.63, 3.8) is 0 Å². The van der Waals surface area contributed by atoms with E-state index in [0.29, 0.717) is 6.42 Å². The summed E-state index contributed by atoms with van der Waals surface area (Å²) in [7, 11) is 0. The molecule has 0 N–H and O–H groups in total. The number of carbonyl (C=O) groups is 1. The Morgan fingerprint density at radius 2 is 2.17 bits per heavy atom. The molecule has 0 amide bonds. The van der Waals surface area contributed by atoms with Crippen LogP contribution < -0.4 is 0 Å². The molecule has 6 heteroatoms. The van der Waals surface area contributed by atoms with Crippen LogP contribution in [0.1, 0.15) is 43.4 Å². The van der Waals surface area contributed by atoms with Crippen molar-refractivity contribution in [1.82, 2.24) is 9.55 Å². The highest BCUT2D eigenvalue weighted by Gasteiger charge is 2.20. The lowest BCUT2D eigenvalue weighted by atomic mass is 10.1. The fraction of sp³-hybridized carbons (Fsp3) is 0.412. The SMILES string of the molecule is CCCCCC(=O)SC(Cn1ccnc1)c1ccc(Br)cc1Br. The van der Waals surface area contributed by atoms with E-state index in [0.717, 1.165) is 40.3 Å². The third-order valence-corrected chi connectivity index (χ3v) is 5.84. The number of aromatic nitrogens is 2. The fourth-order valence-electron chi connectivity index (χ4n) is 2.28. The van der Waals surface area contributed by atoms with Crippen LogP contribution in [-0.4, -0.2) is 14.7 Å². The molecule has 1 heterocycles. The van der Waals surface area contributed by atoms with Gasteiger partial charge in [-0.15, -0.1) is 0 Å². The van der Waals surface area contributed by atoms with Gasteiger partial charge in [0.1, 0.15) is 0 Å². The van der Waals surface area contributed by atoms with Gasteiger partial charge in [-0.2, -0.15) is 0 Å². The molecule has 0 saturated heterocycles. The zero-order valence-corrected chi connectivity index (χ0v) is 17.0. The van der Waals surface area contributed by atoms with Crippen molar-refractivity contribution in [1.29, 1.82) is 0 Å². The Bertz CT molecular complexity index is 632. The molecule has 1 aromatic carbocycles. The van der Waals surface area contributed by atoms with Crippen molar-refractivity contribution < 1.29 is 4.79 Å². The zero-order valence-electron chi connectivity index (χ0n) is 13.0. The quantitative estimate of drug-likeness (QED) is 0.454. The van der Waals surface area contributed by atoms with E-state index < -0.39 is 0 Å². The maximum Gasteiger partial charge on any atom is 0.189 e. The van der Waals surface area contributed by atoms with Crippen LogP contribution in [0.5, 0.6) is 0 Å². The van der Waals surface area contributed by atoms with Gasteiger partial charge in [-0.05, 0) is 24.1 Å². The van der Waals surface area contributed by atoms with E-state index in [4.69, 9.17) is 0 Å². The van der Waals surface area contributed by atoms with Crippen LogP contribution in [0.25, 0.3) is 0 Å². The molecule has 2 aromatic rings. The molecule has 0 bridgehead atoms. The highest BCUT2D eigenvalue weighted by atomic mass is 79.9. The average molecular weight is 460 g/mol. The third-order valence-electron chi connectivity index (χ3n) is 3.50. The maximum atomic E-state index is 12.3. The largest absolute Gasteiger partial charge is 0.336 e. The summed E-state index contributed by atoms with van der Waals surface area (Å²) in [6.07, 6.45) is 9.36. The van der Waals surface area contributed by atoms with E-state index in [9.17, 15) is 4.79 Å². The van der Waals surface area contributed by atoms with E-state index in [2.05, 4.69) is 49.8 Å². The van der Waals surface area contributed by atoms with Crippen molar-refractivity contribution in [2.45, 2.75) is 44.4 Å². The molecule has 0 aliphatic carbocycles. The Hall–Kier alpha value is -0.590. The first kappa shape index (κ1) is 18.7. The number of nitrogens with zero attached hydrogens (tertiary/aromatic N) is 2. The Balaban J connectivity index is 2.12. The maximum absolute atomic E-state index is 12.3. The Morgan fingerprint density at radius 3 is 2.83 bits per heavy atom. The molecular formula is C17H20Br2N2OS. The average Bonchev–Trinajstić information content (AvgIpc) is 3.00. The van der Waals surface area contributed by atoms with Crippen LogP contribution in [0.15, 0.2) is 45.9 Å². The van der Waals surface area contributed by atoms with E-state index >= 15 is 0 Å². The summed E-state index contributed by atoms with van der Waals surface area (Å²) < 4.78 is 4.06. The summed E-state index contributed by atoms with van der Waals surface area (Å²) >= 11 is 8.54. The number of hydrogen-bond acceptors (Lipinski definition) is 3. The van der Waals surface area contributed by atoms with Gasteiger partial charge in [0.15, 0.2) is 5.12 Å². The summed E-state index contributed by atoms with van der Waals surface area (Å²) in [5.41, 5.74) is 1.13. The van der Waals surface area contributed by atoms with Crippen LogP contribution in [0.2, 0.25) is 0 Å². The molecule has 0 aliphatic rings. The number of unbranched alkanes of at least 4 members (excludes halogenated alkanes) is 2. The third kappa shape index (κ3) is 6.08. The van der Waals surface area contributed by atoms with Gasteiger partial charge in [0.25, 0.3) is 0 Å². The van der Waals surface area contributed by atoms with Crippen molar-refractivity contribution >= 4 is 48.7 Å². The van der Waals surface area contributed by atoms with Gasteiger partial charge in [0, 0.05) is 34.3 Å². The molecule has 0 fully saturated rings. The lowest BCUT2D eigenvalue weighted by molar-refractivity contribution is -0.111. The van der Waals surface area contributed by atoms with Crippen LogP contribution >= 0.6 is 43.6 Å². The van der Waals surface area contributed by atoms with Crippen LogP contribution in [0, 0.1) is 0 Å². The number of thioether (sulfide) groups is 1. The topological polar surface area (TPSA) is 34.9 Å². The zero-order chi connectivity index (χ0) is 16.7. The van der Waals surface area contributed by atoms with Crippen LogP contribution in [0.4, 0.5) is 0 Å². The lowest BCUT2D eigenvalue weighted by Crippen LogP contribution is -2.08. The first-order valence-corrected chi connectivity index (χ1v) is 10.2.